The van der Waals surface area contributed by atoms with Crippen LogP contribution in [0.15, 0.2) is 41.3 Å². The molecule has 3 atom stereocenters. The highest BCUT2D eigenvalue weighted by molar-refractivity contribution is 7.87. The first kappa shape index (κ1) is 26.0. The second-order valence-corrected chi connectivity index (χ2v) is 11.4. The van der Waals surface area contributed by atoms with E-state index in [0.717, 1.165) is 23.1 Å². The zero-order valence-electron chi connectivity index (χ0n) is 21.2. The first-order valence-corrected chi connectivity index (χ1v) is 13.8. The van der Waals surface area contributed by atoms with Crippen LogP contribution in [-0.4, -0.2) is 50.5 Å². The summed E-state index contributed by atoms with van der Waals surface area (Å²) in [7, 11) is -4.08. The maximum atomic E-state index is 13.2. The van der Waals surface area contributed by atoms with Crippen molar-refractivity contribution < 1.29 is 22.1 Å². The zero-order valence-corrected chi connectivity index (χ0v) is 22.0. The molecule has 0 aliphatic carbocycles. The number of likely N-dealkylation sites (tertiary alicyclic amines) is 1. The van der Waals surface area contributed by atoms with Crippen LogP contribution in [0.3, 0.4) is 0 Å². The maximum Gasteiger partial charge on any atom is 0.339 e. The van der Waals surface area contributed by atoms with Crippen molar-refractivity contribution in [1.29, 1.82) is 5.26 Å². The van der Waals surface area contributed by atoms with Gasteiger partial charge in [-0.25, -0.2) is 0 Å². The first-order valence-electron chi connectivity index (χ1n) is 12.3. The molecule has 2 heterocycles. The fraction of sp³-hybridized carbons (Fsp3) is 0.481. The third-order valence-electron chi connectivity index (χ3n) is 6.73. The average molecular weight is 512 g/mol. The number of carbonyl (C=O) groups excluding carboxylic acids is 1. The smallest absolute Gasteiger partial charge is 0.339 e. The molecular weight excluding hydrogens is 478 g/mol. The summed E-state index contributed by atoms with van der Waals surface area (Å²) in [5, 5.41) is 12.7. The molecule has 2 saturated heterocycles. The van der Waals surface area contributed by atoms with Crippen LogP contribution in [0.25, 0.3) is 0 Å². The number of ether oxygens (including phenoxy) is 1. The molecule has 2 fully saturated rings. The van der Waals surface area contributed by atoms with Gasteiger partial charge in [-0.2, -0.15) is 13.7 Å². The van der Waals surface area contributed by atoms with Crippen molar-refractivity contribution in [2.45, 2.75) is 76.0 Å². The van der Waals surface area contributed by atoms with Gasteiger partial charge in [0.05, 0.1) is 18.2 Å². The number of rotatable bonds is 7. The zero-order chi connectivity index (χ0) is 26.0. The Morgan fingerprint density at radius 1 is 1.19 bits per heavy atom. The third-order valence-corrected chi connectivity index (χ3v) is 7.97. The van der Waals surface area contributed by atoms with Gasteiger partial charge in [-0.15, -0.1) is 0 Å². The minimum absolute atomic E-state index is 0.0704. The number of hydrogen-bond acceptors (Lipinski definition) is 7. The molecule has 0 unspecified atom stereocenters. The minimum Gasteiger partial charge on any atom is -0.491 e. The van der Waals surface area contributed by atoms with E-state index in [1.54, 1.807) is 23.1 Å². The highest BCUT2D eigenvalue weighted by Crippen LogP contribution is 2.40. The number of hydrogen-bond donors (Lipinski definition) is 1. The fourth-order valence-electron chi connectivity index (χ4n) is 5.05. The van der Waals surface area contributed by atoms with E-state index in [2.05, 4.69) is 11.4 Å². The summed E-state index contributed by atoms with van der Waals surface area (Å²) in [5.74, 6) is 0.516. The summed E-state index contributed by atoms with van der Waals surface area (Å²) in [6.45, 7) is 8.66. The Morgan fingerprint density at radius 2 is 1.92 bits per heavy atom. The Bertz CT molecular complexity index is 1270. The summed E-state index contributed by atoms with van der Waals surface area (Å²) in [5.41, 5.74) is 2.52. The van der Waals surface area contributed by atoms with E-state index in [0.29, 0.717) is 31.7 Å². The summed E-state index contributed by atoms with van der Waals surface area (Å²) in [6, 6.07) is 11.4. The van der Waals surface area contributed by atoms with Crippen LogP contribution in [0.2, 0.25) is 0 Å². The normalized spacial score (nSPS) is 22.0. The Labute approximate surface area is 213 Å². The molecule has 0 spiro atoms. The summed E-state index contributed by atoms with van der Waals surface area (Å²) < 4.78 is 37.9. The molecule has 1 N–H and O–H groups in total. The Hall–Kier alpha value is -3.09. The number of nitrogens with one attached hydrogen (secondary N) is 1. The minimum atomic E-state index is -4.08. The molecular formula is C27H33N3O5S. The molecule has 2 aliphatic heterocycles. The largest absolute Gasteiger partial charge is 0.491 e. The van der Waals surface area contributed by atoms with Gasteiger partial charge < -0.3 is 19.1 Å². The van der Waals surface area contributed by atoms with Crippen molar-refractivity contribution in [2.24, 2.45) is 0 Å². The molecule has 2 aromatic carbocycles. The lowest BCUT2D eigenvalue weighted by molar-refractivity contribution is -0.133. The van der Waals surface area contributed by atoms with E-state index in [-0.39, 0.29) is 34.6 Å². The Morgan fingerprint density at radius 3 is 2.58 bits per heavy atom. The molecule has 9 heteroatoms. The molecule has 1 amide bonds. The SMILES string of the molecule is Cc1ccc(S(=O)(=O)Oc2cc(OC(C)C)cc(C)c2[C@@H]2CN[C@H](C(=O)N3CCC[C@H]3C#N)C2)cc1. The third kappa shape index (κ3) is 5.50. The average Bonchev–Trinajstić information content (AvgIpc) is 3.48. The van der Waals surface area contributed by atoms with Crippen molar-refractivity contribution in [3.8, 4) is 17.6 Å². The van der Waals surface area contributed by atoms with Gasteiger partial charge in [0.15, 0.2) is 0 Å². The predicted molar refractivity (Wildman–Crippen MR) is 135 cm³/mol. The monoisotopic (exact) mass is 511 g/mol. The van der Waals surface area contributed by atoms with Crippen molar-refractivity contribution in [1.82, 2.24) is 10.2 Å². The molecule has 4 rings (SSSR count). The van der Waals surface area contributed by atoms with Gasteiger partial charge in [-0.3, -0.25) is 4.79 Å². The molecule has 2 aromatic rings. The van der Waals surface area contributed by atoms with E-state index in [1.807, 2.05) is 33.8 Å². The van der Waals surface area contributed by atoms with E-state index in [1.165, 1.54) is 12.1 Å². The van der Waals surface area contributed by atoms with Crippen LogP contribution >= 0.6 is 0 Å². The standard InChI is InChI=1S/C27H33N3O5S/c1-17(2)34-22-12-19(4)26(25(14-22)35-36(32,33)23-9-7-18(3)8-10-23)20-13-24(29-16-20)27(31)30-11-5-6-21(30)15-28/h7-10,12,14,17,20-21,24,29H,5-6,11,13,16H2,1-4H3/t20-,21-,24-/m0/s1. The topological polar surface area (TPSA) is 109 Å². The molecule has 8 nitrogen and oxygen atoms in total. The van der Waals surface area contributed by atoms with Crippen molar-refractivity contribution in [3.05, 3.63) is 53.1 Å². The highest BCUT2D eigenvalue weighted by atomic mass is 32.2. The summed E-state index contributed by atoms with van der Waals surface area (Å²) >= 11 is 0. The van der Waals surface area contributed by atoms with Gasteiger partial charge in [0.25, 0.3) is 0 Å². The van der Waals surface area contributed by atoms with Gasteiger partial charge in [0.1, 0.15) is 22.4 Å². The van der Waals surface area contributed by atoms with E-state index in [4.69, 9.17) is 8.92 Å². The second kappa shape index (κ2) is 10.5. The van der Waals surface area contributed by atoms with Crippen LogP contribution in [0, 0.1) is 25.2 Å². The van der Waals surface area contributed by atoms with Gasteiger partial charge in [-0.05, 0) is 70.7 Å². The highest BCUT2D eigenvalue weighted by Gasteiger charge is 2.39. The van der Waals surface area contributed by atoms with E-state index >= 15 is 0 Å². The maximum absolute atomic E-state index is 13.2. The van der Waals surface area contributed by atoms with Crippen molar-refractivity contribution in [2.75, 3.05) is 13.1 Å². The van der Waals surface area contributed by atoms with Gasteiger partial charge in [0.2, 0.25) is 5.91 Å². The summed E-state index contributed by atoms with van der Waals surface area (Å²) in [6.07, 6.45) is 1.91. The molecule has 2 aliphatic rings. The van der Waals surface area contributed by atoms with Crippen LogP contribution in [-0.2, 0) is 14.9 Å². The quantitative estimate of drug-likeness (QED) is 0.563. The second-order valence-electron chi connectivity index (χ2n) is 9.88. The lowest BCUT2D eigenvalue weighted by Crippen LogP contribution is -2.45. The van der Waals surface area contributed by atoms with Crippen LogP contribution in [0.1, 0.15) is 55.7 Å². The van der Waals surface area contributed by atoms with Gasteiger partial charge in [-0.1, -0.05) is 17.7 Å². The number of carbonyl (C=O) groups is 1. The van der Waals surface area contributed by atoms with Crippen molar-refractivity contribution >= 4 is 16.0 Å². The fourth-order valence-corrected chi connectivity index (χ4v) is 5.99. The number of nitrogens with zero attached hydrogens (tertiary/aromatic N) is 2. The van der Waals surface area contributed by atoms with E-state index in [9.17, 15) is 18.5 Å². The summed E-state index contributed by atoms with van der Waals surface area (Å²) in [4.78, 5) is 14.9. The molecule has 0 bridgehead atoms. The molecule has 192 valence electrons. The van der Waals surface area contributed by atoms with Crippen LogP contribution in [0.5, 0.6) is 11.5 Å². The molecule has 0 aromatic heterocycles. The number of nitriles is 1. The number of benzene rings is 2. The number of aryl methyl sites for hydroxylation is 2. The Kier molecular flexibility index (Phi) is 7.57. The van der Waals surface area contributed by atoms with Crippen LogP contribution < -0.4 is 14.2 Å². The molecule has 0 radical (unpaired) electrons. The predicted octanol–water partition coefficient (Wildman–Crippen LogP) is 3.82. The van der Waals surface area contributed by atoms with Crippen LogP contribution in [0.4, 0.5) is 0 Å². The lowest BCUT2D eigenvalue weighted by atomic mass is 9.91. The van der Waals surface area contributed by atoms with Gasteiger partial charge >= 0.3 is 10.1 Å². The number of amides is 1. The first-order chi connectivity index (χ1) is 17.1. The Balaban J connectivity index is 1.64. The van der Waals surface area contributed by atoms with Crippen molar-refractivity contribution in [3.63, 3.8) is 0 Å². The molecule has 36 heavy (non-hydrogen) atoms. The molecule has 0 saturated carbocycles. The lowest BCUT2D eigenvalue weighted by Gasteiger charge is -2.23. The van der Waals surface area contributed by atoms with E-state index < -0.39 is 16.2 Å². The van der Waals surface area contributed by atoms with Gasteiger partial charge in [0, 0.05) is 30.6 Å².